The van der Waals surface area contributed by atoms with Crippen LogP contribution in [0.1, 0.15) is 44.1 Å². The number of likely N-dealkylation sites (tertiary alicyclic amines) is 1. The maximum absolute atomic E-state index is 12.2. The second-order valence-corrected chi connectivity index (χ2v) is 7.29. The lowest BCUT2D eigenvalue weighted by Gasteiger charge is -2.24. The second-order valence-electron chi connectivity index (χ2n) is 7.29. The molecule has 1 aliphatic carbocycles. The third-order valence-corrected chi connectivity index (χ3v) is 5.32. The highest BCUT2D eigenvalue weighted by atomic mass is 16.5. The summed E-state index contributed by atoms with van der Waals surface area (Å²) in [6.07, 6.45) is 6.95. The number of nitrogens with zero attached hydrogens (tertiary/aromatic N) is 1. The number of benzene rings is 1. The Morgan fingerprint density at radius 1 is 1.12 bits per heavy atom. The number of hydrogen-bond acceptors (Lipinski definition) is 3. The molecule has 2 aliphatic rings. The Morgan fingerprint density at radius 3 is 2.50 bits per heavy atom. The average Bonchev–Trinajstić information content (AvgIpc) is 3.00. The van der Waals surface area contributed by atoms with Gasteiger partial charge in [0.15, 0.2) is 0 Å². The fourth-order valence-corrected chi connectivity index (χ4v) is 3.80. The predicted molar refractivity (Wildman–Crippen MR) is 100 cm³/mol. The number of methoxy groups -OCH3 is 1. The van der Waals surface area contributed by atoms with E-state index in [4.69, 9.17) is 4.74 Å². The standard InChI is InChI=1S/C20H29N3O3/c1-26-18-9-7-15(8-10-18)11-12-23-14-17(13-19(23)24)22-20(25)21-16-5-3-2-4-6-16/h7-10,16-17H,2-6,11-14H2,1H3,(H2,21,22,25). The molecule has 1 aromatic carbocycles. The van der Waals surface area contributed by atoms with E-state index in [2.05, 4.69) is 10.6 Å². The molecule has 1 saturated heterocycles. The van der Waals surface area contributed by atoms with Gasteiger partial charge in [-0.3, -0.25) is 4.79 Å². The first-order chi connectivity index (χ1) is 12.6. The summed E-state index contributed by atoms with van der Waals surface area (Å²) < 4.78 is 5.16. The highest BCUT2D eigenvalue weighted by Gasteiger charge is 2.30. The van der Waals surface area contributed by atoms with Gasteiger partial charge in [-0.1, -0.05) is 31.4 Å². The van der Waals surface area contributed by atoms with Crippen molar-refractivity contribution >= 4 is 11.9 Å². The molecule has 1 unspecified atom stereocenters. The first-order valence-electron chi connectivity index (χ1n) is 9.62. The van der Waals surface area contributed by atoms with E-state index >= 15 is 0 Å². The summed E-state index contributed by atoms with van der Waals surface area (Å²) in [5.41, 5.74) is 1.17. The van der Waals surface area contributed by atoms with Gasteiger partial charge in [0.1, 0.15) is 5.75 Å². The van der Waals surface area contributed by atoms with Crippen molar-refractivity contribution in [2.75, 3.05) is 20.2 Å². The number of urea groups is 1. The van der Waals surface area contributed by atoms with Crippen LogP contribution in [0.25, 0.3) is 0 Å². The first kappa shape index (κ1) is 18.5. The lowest BCUT2D eigenvalue weighted by molar-refractivity contribution is -0.127. The zero-order chi connectivity index (χ0) is 18.4. The zero-order valence-corrected chi connectivity index (χ0v) is 15.5. The lowest BCUT2D eigenvalue weighted by atomic mass is 9.96. The normalized spacial score (nSPS) is 20.9. The van der Waals surface area contributed by atoms with Crippen LogP contribution in [0.3, 0.4) is 0 Å². The van der Waals surface area contributed by atoms with Gasteiger partial charge >= 0.3 is 6.03 Å². The highest BCUT2D eigenvalue weighted by Crippen LogP contribution is 2.18. The highest BCUT2D eigenvalue weighted by molar-refractivity contribution is 5.81. The number of carbonyl (C=O) groups excluding carboxylic acids is 2. The largest absolute Gasteiger partial charge is 0.497 e. The molecular formula is C20H29N3O3. The fourth-order valence-electron chi connectivity index (χ4n) is 3.80. The number of ether oxygens (including phenoxy) is 1. The van der Waals surface area contributed by atoms with Crippen LogP contribution in [0, 0.1) is 0 Å². The van der Waals surface area contributed by atoms with Gasteiger partial charge in [0.05, 0.1) is 13.2 Å². The molecule has 2 fully saturated rings. The van der Waals surface area contributed by atoms with Crippen molar-refractivity contribution in [2.45, 2.75) is 57.0 Å². The summed E-state index contributed by atoms with van der Waals surface area (Å²) >= 11 is 0. The van der Waals surface area contributed by atoms with Crippen molar-refractivity contribution in [3.63, 3.8) is 0 Å². The minimum Gasteiger partial charge on any atom is -0.497 e. The Morgan fingerprint density at radius 2 is 1.81 bits per heavy atom. The van der Waals surface area contributed by atoms with Gasteiger partial charge in [0.25, 0.3) is 0 Å². The number of carbonyl (C=O) groups is 2. The van der Waals surface area contributed by atoms with Gasteiger partial charge in [0.2, 0.25) is 5.91 Å². The molecule has 0 bridgehead atoms. The Hall–Kier alpha value is -2.24. The summed E-state index contributed by atoms with van der Waals surface area (Å²) in [5, 5.41) is 6.02. The minimum atomic E-state index is -0.133. The van der Waals surface area contributed by atoms with Crippen LogP contribution in [0.2, 0.25) is 0 Å². The monoisotopic (exact) mass is 359 g/mol. The van der Waals surface area contributed by atoms with E-state index < -0.39 is 0 Å². The van der Waals surface area contributed by atoms with E-state index in [0.717, 1.165) is 25.0 Å². The first-order valence-corrected chi connectivity index (χ1v) is 9.62. The summed E-state index contributed by atoms with van der Waals surface area (Å²) in [5.74, 6) is 0.945. The van der Waals surface area contributed by atoms with E-state index in [9.17, 15) is 9.59 Å². The molecule has 6 nitrogen and oxygen atoms in total. The average molecular weight is 359 g/mol. The fraction of sp³-hybridized carbons (Fsp3) is 0.600. The molecule has 142 valence electrons. The van der Waals surface area contributed by atoms with Crippen LogP contribution >= 0.6 is 0 Å². The van der Waals surface area contributed by atoms with Crippen molar-refractivity contribution in [3.8, 4) is 5.75 Å². The molecule has 3 amide bonds. The van der Waals surface area contributed by atoms with Gasteiger partial charge in [-0.2, -0.15) is 0 Å². The maximum Gasteiger partial charge on any atom is 0.315 e. The summed E-state index contributed by atoms with van der Waals surface area (Å²) in [4.78, 5) is 26.2. The van der Waals surface area contributed by atoms with Gasteiger partial charge in [0, 0.05) is 25.6 Å². The SMILES string of the molecule is COc1ccc(CCN2CC(NC(=O)NC3CCCCC3)CC2=O)cc1. The summed E-state index contributed by atoms with van der Waals surface area (Å²) in [6, 6.07) is 7.96. The second kappa shape index (κ2) is 8.92. The van der Waals surface area contributed by atoms with Crippen molar-refractivity contribution < 1.29 is 14.3 Å². The molecule has 1 aliphatic heterocycles. The van der Waals surface area contributed by atoms with Crippen LogP contribution in [0.4, 0.5) is 4.79 Å². The minimum absolute atomic E-state index is 0.0954. The van der Waals surface area contributed by atoms with Crippen LogP contribution in [-0.4, -0.2) is 49.1 Å². The molecule has 0 radical (unpaired) electrons. The molecule has 0 spiro atoms. The van der Waals surface area contributed by atoms with Crippen molar-refractivity contribution in [1.82, 2.24) is 15.5 Å². The van der Waals surface area contributed by atoms with E-state index in [0.29, 0.717) is 19.5 Å². The zero-order valence-electron chi connectivity index (χ0n) is 15.5. The predicted octanol–water partition coefficient (Wildman–Crippen LogP) is 2.47. The maximum atomic E-state index is 12.2. The van der Waals surface area contributed by atoms with Gasteiger partial charge < -0.3 is 20.3 Å². The molecule has 2 N–H and O–H groups in total. The van der Waals surface area contributed by atoms with Crippen molar-refractivity contribution in [2.24, 2.45) is 0 Å². The summed E-state index contributed by atoms with van der Waals surface area (Å²) in [7, 11) is 1.65. The molecule has 1 aromatic rings. The quantitative estimate of drug-likeness (QED) is 0.820. The van der Waals surface area contributed by atoms with Crippen LogP contribution in [0.15, 0.2) is 24.3 Å². The van der Waals surface area contributed by atoms with Gasteiger partial charge in [-0.15, -0.1) is 0 Å². The Kier molecular flexibility index (Phi) is 6.36. The Labute approximate surface area is 155 Å². The molecule has 0 aromatic heterocycles. The third kappa shape index (κ3) is 5.13. The molecule has 1 atom stereocenters. The number of nitrogens with one attached hydrogen (secondary N) is 2. The van der Waals surface area contributed by atoms with Crippen LogP contribution in [0.5, 0.6) is 5.75 Å². The van der Waals surface area contributed by atoms with E-state index in [1.54, 1.807) is 7.11 Å². The number of amides is 3. The molecular weight excluding hydrogens is 330 g/mol. The Balaban J connectivity index is 1.41. The van der Waals surface area contributed by atoms with Gasteiger partial charge in [-0.25, -0.2) is 4.79 Å². The summed E-state index contributed by atoms with van der Waals surface area (Å²) in [6.45, 7) is 1.26. The number of rotatable bonds is 6. The molecule has 1 heterocycles. The molecule has 6 heteroatoms. The topological polar surface area (TPSA) is 70.7 Å². The molecule has 3 rings (SSSR count). The van der Waals surface area contributed by atoms with E-state index in [1.807, 2.05) is 29.2 Å². The Bertz CT molecular complexity index is 611. The van der Waals surface area contributed by atoms with Crippen LogP contribution < -0.4 is 15.4 Å². The van der Waals surface area contributed by atoms with Crippen LogP contribution in [-0.2, 0) is 11.2 Å². The lowest BCUT2D eigenvalue weighted by Crippen LogP contribution is -2.47. The third-order valence-electron chi connectivity index (χ3n) is 5.32. The van der Waals surface area contributed by atoms with E-state index in [1.165, 1.54) is 24.8 Å². The van der Waals surface area contributed by atoms with Crippen molar-refractivity contribution in [3.05, 3.63) is 29.8 Å². The van der Waals surface area contributed by atoms with Crippen molar-refractivity contribution in [1.29, 1.82) is 0 Å². The smallest absolute Gasteiger partial charge is 0.315 e. The van der Waals surface area contributed by atoms with E-state index in [-0.39, 0.29) is 24.0 Å². The number of hydrogen-bond donors (Lipinski definition) is 2. The van der Waals surface area contributed by atoms with Gasteiger partial charge in [-0.05, 0) is 37.0 Å². The molecule has 1 saturated carbocycles. The molecule has 26 heavy (non-hydrogen) atoms.